The van der Waals surface area contributed by atoms with Crippen molar-refractivity contribution in [3.63, 3.8) is 0 Å². The summed E-state index contributed by atoms with van der Waals surface area (Å²) in [5, 5.41) is 9.53. The Bertz CT molecular complexity index is 786. The van der Waals surface area contributed by atoms with E-state index in [4.69, 9.17) is 4.74 Å². The molecule has 25 heavy (non-hydrogen) atoms. The van der Waals surface area contributed by atoms with Crippen LogP contribution in [0.3, 0.4) is 0 Å². The third kappa shape index (κ3) is 2.44. The predicted molar refractivity (Wildman–Crippen MR) is 93.1 cm³/mol. The standard InChI is InChI=1S/C20H23NO4/c1-19(2,3)21(18(23)24)13-10-20(11-13)8-12(9-20)16-14-6-4-5-7-15(14)17(22)25-16/h4-7,13H,8-11H2,1-3H3,(H,23,24). The molecule has 4 rings (SSSR count). The Morgan fingerprint density at radius 2 is 1.80 bits per heavy atom. The number of benzene rings is 1. The largest absolute Gasteiger partial charge is 0.465 e. The van der Waals surface area contributed by atoms with Gasteiger partial charge >= 0.3 is 12.1 Å². The Morgan fingerprint density at radius 3 is 2.36 bits per heavy atom. The van der Waals surface area contributed by atoms with Gasteiger partial charge in [0, 0.05) is 17.1 Å². The number of hydrogen-bond acceptors (Lipinski definition) is 3. The molecule has 2 aliphatic carbocycles. The molecule has 5 nitrogen and oxygen atoms in total. The van der Waals surface area contributed by atoms with Crippen molar-refractivity contribution >= 4 is 17.8 Å². The van der Waals surface area contributed by atoms with Gasteiger partial charge in [-0.2, -0.15) is 0 Å². The van der Waals surface area contributed by atoms with Crippen molar-refractivity contribution in [1.29, 1.82) is 0 Å². The number of cyclic esters (lactones) is 1. The Hall–Kier alpha value is -2.30. The quantitative estimate of drug-likeness (QED) is 0.774. The molecule has 0 saturated heterocycles. The number of allylic oxidation sites excluding steroid dienone is 1. The van der Waals surface area contributed by atoms with E-state index in [1.54, 1.807) is 11.0 Å². The highest BCUT2D eigenvalue weighted by molar-refractivity contribution is 6.03. The first kappa shape index (κ1) is 16.2. The fourth-order valence-corrected chi connectivity index (χ4v) is 4.74. The van der Waals surface area contributed by atoms with Crippen molar-refractivity contribution < 1.29 is 19.4 Å². The molecule has 5 heteroatoms. The van der Waals surface area contributed by atoms with E-state index in [2.05, 4.69) is 0 Å². The third-order valence-electron chi connectivity index (χ3n) is 5.72. The average Bonchev–Trinajstić information content (AvgIpc) is 2.75. The van der Waals surface area contributed by atoms with Gasteiger partial charge in [-0.25, -0.2) is 9.59 Å². The molecule has 0 aromatic heterocycles. The van der Waals surface area contributed by atoms with Crippen LogP contribution in [0.15, 0.2) is 29.8 Å². The molecule has 0 atom stereocenters. The first-order valence-corrected chi connectivity index (χ1v) is 8.76. The molecule has 0 bridgehead atoms. The molecule has 2 saturated carbocycles. The Balaban J connectivity index is 1.48. The molecule has 1 aliphatic heterocycles. The van der Waals surface area contributed by atoms with Gasteiger partial charge in [0.2, 0.25) is 0 Å². The van der Waals surface area contributed by atoms with Crippen LogP contribution in [0.2, 0.25) is 0 Å². The number of esters is 1. The number of carboxylic acid groups (broad SMARTS) is 1. The van der Waals surface area contributed by atoms with Gasteiger partial charge in [-0.3, -0.25) is 0 Å². The number of amides is 1. The average molecular weight is 341 g/mol. The van der Waals surface area contributed by atoms with Crippen LogP contribution >= 0.6 is 0 Å². The molecule has 0 unspecified atom stereocenters. The third-order valence-corrected chi connectivity index (χ3v) is 5.72. The zero-order valence-corrected chi connectivity index (χ0v) is 14.8. The van der Waals surface area contributed by atoms with E-state index in [1.165, 1.54) is 5.57 Å². The molecular weight excluding hydrogens is 318 g/mol. The van der Waals surface area contributed by atoms with E-state index in [0.717, 1.165) is 37.0 Å². The lowest BCUT2D eigenvalue weighted by atomic mass is 9.51. The van der Waals surface area contributed by atoms with Gasteiger partial charge in [-0.15, -0.1) is 0 Å². The monoisotopic (exact) mass is 341 g/mol. The number of rotatable bonds is 1. The molecular formula is C20H23NO4. The molecule has 2 fully saturated rings. The van der Waals surface area contributed by atoms with Crippen molar-refractivity contribution in [3.05, 3.63) is 41.0 Å². The van der Waals surface area contributed by atoms with Gasteiger partial charge in [0.25, 0.3) is 0 Å². The second-order valence-electron chi connectivity index (χ2n) is 8.61. The van der Waals surface area contributed by atoms with Crippen LogP contribution in [0, 0.1) is 5.41 Å². The van der Waals surface area contributed by atoms with E-state index in [9.17, 15) is 14.7 Å². The van der Waals surface area contributed by atoms with Crippen LogP contribution in [-0.2, 0) is 4.74 Å². The summed E-state index contributed by atoms with van der Waals surface area (Å²) < 4.78 is 5.50. The Morgan fingerprint density at radius 1 is 1.20 bits per heavy atom. The van der Waals surface area contributed by atoms with Crippen LogP contribution in [0.4, 0.5) is 4.79 Å². The van der Waals surface area contributed by atoms with E-state index < -0.39 is 6.09 Å². The summed E-state index contributed by atoms with van der Waals surface area (Å²) in [4.78, 5) is 25.2. The zero-order chi connectivity index (χ0) is 18.0. The second-order valence-corrected chi connectivity index (χ2v) is 8.61. The van der Waals surface area contributed by atoms with Crippen LogP contribution in [-0.4, -0.2) is 33.6 Å². The fraction of sp³-hybridized carbons (Fsp3) is 0.500. The summed E-state index contributed by atoms with van der Waals surface area (Å²) >= 11 is 0. The van der Waals surface area contributed by atoms with E-state index in [-0.39, 0.29) is 23.0 Å². The summed E-state index contributed by atoms with van der Waals surface area (Å²) in [5.41, 5.74) is 2.53. The van der Waals surface area contributed by atoms with Crippen molar-refractivity contribution in [2.75, 3.05) is 0 Å². The molecule has 1 amide bonds. The summed E-state index contributed by atoms with van der Waals surface area (Å²) in [6, 6.07) is 7.58. The van der Waals surface area contributed by atoms with Gasteiger partial charge < -0.3 is 14.7 Å². The van der Waals surface area contributed by atoms with E-state index >= 15 is 0 Å². The smallest absolute Gasteiger partial charge is 0.407 e. The van der Waals surface area contributed by atoms with Gasteiger partial charge in [0.15, 0.2) is 0 Å². The molecule has 1 spiro atoms. The minimum absolute atomic E-state index is 0.0856. The van der Waals surface area contributed by atoms with Crippen LogP contribution in [0.1, 0.15) is 62.4 Å². The molecule has 1 aromatic rings. The second kappa shape index (κ2) is 5.10. The molecule has 0 radical (unpaired) electrons. The lowest BCUT2D eigenvalue weighted by Gasteiger charge is -2.59. The SMILES string of the molecule is CC(C)(C)N(C(=O)O)C1CC2(CC(=C3OC(=O)c4ccccc43)C2)C1. The van der Waals surface area contributed by atoms with Crippen molar-refractivity contribution in [1.82, 2.24) is 4.90 Å². The van der Waals surface area contributed by atoms with Gasteiger partial charge in [-0.05, 0) is 63.5 Å². The number of ether oxygens (including phenoxy) is 1. The molecule has 3 aliphatic rings. The summed E-state index contributed by atoms with van der Waals surface area (Å²) in [6.07, 6.45) is 2.74. The number of hydrogen-bond donors (Lipinski definition) is 1. The summed E-state index contributed by atoms with van der Waals surface area (Å²) in [5.74, 6) is 0.468. The van der Waals surface area contributed by atoms with Gasteiger partial charge in [0.05, 0.1) is 5.56 Å². The fourth-order valence-electron chi connectivity index (χ4n) is 4.74. The van der Waals surface area contributed by atoms with Crippen molar-refractivity contribution in [2.24, 2.45) is 5.41 Å². The Kier molecular flexibility index (Phi) is 3.30. The van der Waals surface area contributed by atoms with Crippen LogP contribution < -0.4 is 0 Å². The molecule has 1 heterocycles. The lowest BCUT2D eigenvalue weighted by molar-refractivity contribution is -0.0491. The zero-order valence-electron chi connectivity index (χ0n) is 14.8. The number of carbonyl (C=O) groups is 2. The number of carbonyl (C=O) groups excluding carboxylic acids is 1. The maximum atomic E-state index is 12.0. The maximum Gasteiger partial charge on any atom is 0.407 e. The molecule has 1 N–H and O–H groups in total. The minimum atomic E-state index is -0.844. The van der Waals surface area contributed by atoms with E-state index in [1.807, 2.05) is 39.0 Å². The first-order chi connectivity index (χ1) is 11.7. The normalized spacial score (nSPS) is 27.5. The molecule has 132 valence electrons. The topological polar surface area (TPSA) is 66.8 Å². The maximum absolute atomic E-state index is 12.0. The Labute approximate surface area is 147 Å². The van der Waals surface area contributed by atoms with Crippen molar-refractivity contribution in [2.45, 2.75) is 58.0 Å². The number of nitrogens with zero attached hydrogens (tertiary/aromatic N) is 1. The lowest BCUT2D eigenvalue weighted by Crippen LogP contribution is -2.60. The van der Waals surface area contributed by atoms with Crippen molar-refractivity contribution in [3.8, 4) is 0 Å². The molecule has 1 aromatic carbocycles. The van der Waals surface area contributed by atoms with Crippen LogP contribution in [0.25, 0.3) is 5.76 Å². The highest BCUT2D eigenvalue weighted by Crippen LogP contribution is 2.62. The highest BCUT2D eigenvalue weighted by atomic mass is 16.5. The summed E-state index contributed by atoms with van der Waals surface area (Å²) in [7, 11) is 0. The minimum Gasteiger partial charge on any atom is -0.465 e. The van der Waals surface area contributed by atoms with Gasteiger partial charge in [0.1, 0.15) is 5.76 Å². The predicted octanol–water partition coefficient (Wildman–Crippen LogP) is 4.29. The van der Waals surface area contributed by atoms with Gasteiger partial charge in [-0.1, -0.05) is 18.2 Å². The van der Waals surface area contributed by atoms with Crippen LogP contribution in [0.5, 0.6) is 0 Å². The summed E-state index contributed by atoms with van der Waals surface area (Å²) in [6.45, 7) is 5.82. The highest BCUT2D eigenvalue weighted by Gasteiger charge is 2.56. The van der Waals surface area contributed by atoms with E-state index in [0.29, 0.717) is 5.56 Å². The number of fused-ring (bicyclic) bond motifs is 1. The first-order valence-electron chi connectivity index (χ1n) is 8.76.